The van der Waals surface area contributed by atoms with Crippen LogP contribution in [-0.2, 0) is 0 Å². The summed E-state index contributed by atoms with van der Waals surface area (Å²) in [5, 5.41) is 3.32. The standard InChI is InChI=1S/C18H33N3OS/c1-14-8-11-23-12-10-21(14)18(22)19-15(2)16-5-4-9-20(13-16)17-6-3-7-17/h14-17H,3-13H2,1-2H3,(H,19,22)/t14-,15+,16-/m1/s1. The average Bonchev–Trinajstić information content (AvgIpc) is 2.70. The number of carbonyl (C=O) groups is 1. The molecule has 2 amide bonds. The van der Waals surface area contributed by atoms with Crippen LogP contribution in [0.15, 0.2) is 0 Å². The Hall–Kier alpha value is -0.420. The molecule has 0 unspecified atom stereocenters. The highest BCUT2D eigenvalue weighted by Crippen LogP contribution is 2.30. The van der Waals surface area contributed by atoms with Crippen LogP contribution in [0.4, 0.5) is 4.79 Å². The number of piperidine rings is 1. The lowest BCUT2D eigenvalue weighted by atomic mass is 9.85. The number of urea groups is 1. The van der Waals surface area contributed by atoms with E-state index >= 15 is 0 Å². The molecule has 2 heterocycles. The highest BCUT2D eigenvalue weighted by atomic mass is 32.2. The number of rotatable bonds is 3. The third-order valence-corrected chi connectivity index (χ3v) is 7.08. The minimum absolute atomic E-state index is 0.160. The number of nitrogens with zero attached hydrogens (tertiary/aromatic N) is 2. The zero-order valence-corrected chi connectivity index (χ0v) is 15.6. The van der Waals surface area contributed by atoms with Gasteiger partial charge in [-0.2, -0.15) is 11.8 Å². The SMILES string of the molecule is C[C@H](NC(=O)N1CCSCC[C@H]1C)[C@@H]1CCCN(C2CCC2)C1. The Balaban J connectivity index is 1.50. The quantitative estimate of drug-likeness (QED) is 0.858. The van der Waals surface area contributed by atoms with Crippen molar-refractivity contribution < 1.29 is 4.79 Å². The van der Waals surface area contributed by atoms with E-state index in [4.69, 9.17) is 0 Å². The van der Waals surface area contributed by atoms with Gasteiger partial charge in [-0.25, -0.2) is 4.79 Å². The van der Waals surface area contributed by atoms with Gasteiger partial charge in [0.25, 0.3) is 0 Å². The number of thioether (sulfide) groups is 1. The van der Waals surface area contributed by atoms with Gasteiger partial charge < -0.3 is 15.1 Å². The maximum atomic E-state index is 12.7. The van der Waals surface area contributed by atoms with Crippen molar-refractivity contribution in [3.05, 3.63) is 0 Å². The van der Waals surface area contributed by atoms with Crippen LogP contribution < -0.4 is 5.32 Å². The number of hydrogen-bond acceptors (Lipinski definition) is 3. The Morgan fingerprint density at radius 1 is 1.13 bits per heavy atom. The molecule has 1 aliphatic carbocycles. The molecule has 2 saturated heterocycles. The first-order chi connectivity index (χ1) is 11.1. The molecule has 1 saturated carbocycles. The monoisotopic (exact) mass is 339 g/mol. The topological polar surface area (TPSA) is 35.6 Å². The lowest BCUT2D eigenvalue weighted by molar-refractivity contribution is 0.0666. The lowest BCUT2D eigenvalue weighted by Gasteiger charge is -2.44. The molecule has 132 valence electrons. The highest BCUT2D eigenvalue weighted by molar-refractivity contribution is 7.99. The second kappa shape index (κ2) is 8.11. The van der Waals surface area contributed by atoms with Gasteiger partial charge in [0.2, 0.25) is 0 Å². The van der Waals surface area contributed by atoms with Gasteiger partial charge in [-0.1, -0.05) is 6.42 Å². The van der Waals surface area contributed by atoms with E-state index in [1.165, 1.54) is 50.9 Å². The molecule has 3 rings (SSSR count). The van der Waals surface area contributed by atoms with Crippen LogP contribution in [0, 0.1) is 5.92 Å². The van der Waals surface area contributed by atoms with Gasteiger partial charge in [0, 0.05) is 37.0 Å². The largest absolute Gasteiger partial charge is 0.335 e. The lowest BCUT2D eigenvalue weighted by Crippen LogP contribution is -2.54. The van der Waals surface area contributed by atoms with Gasteiger partial charge in [-0.3, -0.25) is 0 Å². The highest BCUT2D eigenvalue weighted by Gasteiger charge is 2.32. The molecular weight excluding hydrogens is 306 g/mol. The summed E-state index contributed by atoms with van der Waals surface area (Å²) in [6, 6.07) is 1.65. The Labute approximate surface area is 145 Å². The van der Waals surface area contributed by atoms with Gasteiger partial charge in [0.05, 0.1) is 0 Å². The molecule has 1 N–H and O–H groups in total. The van der Waals surface area contributed by atoms with E-state index in [0.717, 1.165) is 24.8 Å². The maximum absolute atomic E-state index is 12.7. The average molecular weight is 340 g/mol. The fraction of sp³-hybridized carbons (Fsp3) is 0.944. The van der Waals surface area contributed by atoms with Crippen molar-refractivity contribution in [1.82, 2.24) is 15.1 Å². The summed E-state index contributed by atoms with van der Waals surface area (Å²) in [7, 11) is 0. The van der Waals surface area contributed by atoms with Crippen molar-refractivity contribution in [2.24, 2.45) is 5.92 Å². The van der Waals surface area contributed by atoms with Crippen LogP contribution in [0.2, 0.25) is 0 Å². The Morgan fingerprint density at radius 3 is 2.70 bits per heavy atom. The summed E-state index contributed by atoms with van der Waals surface area (Å²) in [6.07, 6.45) is 7.84. The van der Waals surface area contributed by atoms with E-state index < -0.39 is 0 Å². The summed E-state index contributed by atoms with van der Waals surface area (Å²) in [5.74, 6) is 2.87. The number of likely N-dealkylation sites (tertiary alicyclic amines) is 1. The minimum atomic E-state index is 0.160. The normalized spacial score (nSPS) is 32.0. The molecule has 0 aromatic carbocycles. The van der Waals surface area contributed by atoms with Gasteiger partial charge >= 0.3 is 6.03 Å². The van der Waals surface area contributed by atoms with Crippen molar-refractivity contribution in [2.45, 2.75) is 70.5 Å². The predicted octanol–water partition coefficient (Wildman–Crippen LogP) is 3.18. The molecule has 0 radical (unpaired) electrons. The molecule has 3 aliphatic rings. The van der Waals surface area contributed by atoms with Crippen LogP contribution >= 0.6 is 11.8 Å². The predicted molar refractivity (Wildman–Crippen MR) is 98.0 cm³/mol. The first-order valence-corrected chi connectivity index (χ1v) is 10.7. The van der Waals surface area contributed by atoms with Crippen LogP contribution in [-0.4, -0.2) is 65.1 Å². The second-order valence-corrected chi connectivity index (χ2v) is 8.89. The third kappa shape index (κ3) is 4.36. The van der Waals surface area contributed by atoms with Crippen molar-refractivity contribution >= 4 is 17.8 Å². The summed E-state index contributed by atoms with van der Waals surface area (Å²) >= 11 is 1.97. The minimum Gasteiger partial charge on any atom is -0.335 e. The van der Waals surface area contributed by atoms with Crippen LogP contribution in [0.5, 0.6) is 0 Å². The van der Waals surface area contributed by atoms with E-state index in [9.17, 15) is 4.79 Å². The van der Waals surface area contributed by atoms with Gasteiger partial charge in [-0.15, -0.1) is 0 Å². The Kier molecular flexibility index (Phi) is 6.13. The van der Waals surface area contributed by atoms with Gasteiger partial charge in [0.15, 0.2) is 0 Å². The van der Waals surface area contributed by atoms with E-state index in [1.54, 1.807) is 0 Å². The zero-order chi connectivity index (χ0) is 16.2. The zero-order valence-electron chi connectivity index (χ0n) is 14.8. The summed E-state index contributed by atoms with van der Waals surface area (Å²) in [5.41, 5.74) is 0. The number of amides is 2. The molecule has 0 spiro atoms. The van der Waals surface area contributed by atoms with Crippen LogP contribution in [0.25, 0.3) is 0 Å². The molecule has 3 atom stereocenters. The van der Waals surface area contributed by atoms with E-state index in [-0.39, 0.29) is 12.1 Å². The fourth-order valence-electron chi connectivity index (χ4n) is 4.12. The molecule has 2 aliphatic heterocycles. The van der Waals surface area contributed by atoms with E-state index in [1.807, 2.05) is 11.8 Å². The molecule has 5 heteroatoms. The van der Waals surface area contributed by atoms with Crippen molar-refractivity contribution in [2.75, 3.05) is 31.1 Å². The second-order valence-electron chi connectivity index (χ2n) is 7.66. The maximum Gasteiger partial charge on any atom is 0.317 e. The van der Waals surface area contributed by atoms with Crippen molar-refractivity contribution in [1.29, 1.82) is 0 Å². The molecular formula is C18H33N3OS. The molecule has 3 fully saturated rings. The summed E-state index contributed by atoms with van der Waals surface area (Å²) in [6.45, 7) is 7.74. The van der Waals surface area contributed by atoms with E-state index in [2.05, 4.69) is 29.0 Å². The van der Waals surface area contributed by atoms with Crippen molar-refractivity contribution in [3.63, 3.8) is 0 Å². The first kappa shape index (κ1) is 17.4. The smallest absolute Gasteiger partial charge is 0.317 e. The number of carbonyl (C=O) groups excluding carboxylic acids is 1. The molecule has 0 aromatic rings. The third-order valence-electron chi connectivity index (χ3n) is 6.09. The van der Waals surface area contributed by atoms with Gasteiger partial charge in [-0.05, 0) is 64.2 Å². The molecule has 0 aromatic heterocycles. The van der Waals surface area contributed by atoms with Crippen molar-refractivity contribution in [3.8, 4) is 0 Å². The molecule has 4 nitrogen and oxygen atoms in total. The molecule has 23 heavy (non-hydrogen) atoms. The number of nitrogens with one attached hydrogen (secondary N) is 1. The van der Waals surface area contributed by atoms with Gasteiger partial charge in [0.1, 0.15) is 0 Å². The number of hydrogen-bond donors (Lipinski definition) is 1. The Morgan fingerprint density at radius 2 is 1.96 bits per heavy atom. The van der Waals surface area contributed by atoms with Crippen LogP contribution in [0.1, 0.15) is 52.4 Å². The Bertz CT molecular complexity index is 402. The molecule has 0 bridgehead atoms. The summed E-state index contributed by atoms with van der Waals surface area (Å²) in [4.78, 5) is 17.4. The first-order valence-electron chi connectivity index (χ1n) is 9.54. The van der Waals surface area contributed by atoms with E-state index in [0.29, 0.717) is 12.0 Å². The van der Waals surface area contributed by atoms with Crippen LogP contribution in [0.3, 0.4) is 0 Å². The fourth-order valence-corrected chi connectivity index (χ4v) is 5.16. The summed E-state index contributed by atoms with van der Waals surface area (Å²) < 4.78 is 0.